The van der Waals surface area contributed by atoms with Crippen molar-refractivity contribution < 1.29 is 49.0 Å². The zero-order chi connectivity index (χ0) is 34.3. The van der Waals surface area contributed by atoms with Crippen LogP contribution in [0.3, 0.4) is 0 Å². The Labute approximate surface area is 280 Å². The number of ether oxygens (including phenoxy) is 3. The SMILES string of the molecule is CC(=O)NC1C(OCCCCCC(=O)NCCCCCC(=O)N2C[C@H](OC3CCCC(C(C)C)C3)CC2CO)OC(CO)C(O)C1O. The van der Waals surface area contributed by atoms with Gasteiger partial charge < -0.3 is 50.2 Å². The fourth-order valence-corrected chi connectivity index (χ4v) is 7.05. The molecule has 2 saturated heterocycles. The summed E-state index contributed by atoms with van der Waals surface area (Å²) in [6.45, 7) is 6.66. The minimum atomic E-state index is -1.36. The van der Waals surface area contributed by atoms with E-state index in [1.807, 2.05) is 4.90 Å². The minimum Gasteiger partial charge on any atom is -0.394 e. The molecule has 0 aromatic rings. The quantitative estimate of drug-likeness (QED) is 0.110. The van der Waals surface area contributed by atoms with Crippen molar-refractivity contribution in [1.82, 2.24) is 15.5 Å². The number of hydrogen-bond acceptors (Lipinski definition) is 10. The Morgan fingerprint density at radius 2 is 1.66 bits per heavy atom. The molecule has 1 aliphatic carbocycles. The van der Waals surface area contributed by atoms with Gasteiger partial charge in [0, 0.05) is 39.5 Å². The highest BCUT2D eigenvalue weighted by molar-refractivity contribution is 5.77. The number of aliphatic hydroxyl groups excluding tert-OH is 4. The predicted molar refractivity (Wildman–Crippen MR) is 174 cm³/mol. The van der Waals surface area contributed by atoms with Gasteiger partial charge in [0.15, 0.2) is 6.29 Å². The molecule has 0 aromatic carbocycles. The van der Waals surface area contributed by atoms with Crippen LogP contribution in [0.5, 0.6) is 0 Å². The molecule has 13 nitrogen and oxygen atoms in total. The molecule has 3 aliphatic rings. The Hall–Kier alpha value is -1.87. The van der Waals surface area contributed by atoms with Gasteiger partial charge in [-0.15, -0.1) is 0 Å². The molecule has 3 fully saturated rings. The minimum absolute atomic E-state index is 0.00768. The molecule has 272 valence electrons. The van der Waals surface area contributed by atoms with Crippen LogP contribution in [-0.4, -0.2) is 125 Å². The number of rotatable bonds is 19. The second-order valence-corrected chi connectivity index (χ2v) is 13.9. The van der Waals surface area contributed by atoms with Crippen molar-refractivity contribution in [2.75, 3.05) is 32.9 Å². The fourth-order valence-electron chi connectivity index (χ4n) is 7.05. The number of unbranched alkanes of at least 4 members (excludes halogenated alkanes) is 4. The third-order valence-electron chi connectivity index (χ3n) is 9.87. The molecule has 13 heteroatoms. The summed E-state index contributed by atoms with van der Waals surface area (Å²) in [7, 11) is 0. The van der Waals surface area contributed by atoms with Crippen LogP contribution in [0.25, 0.3) is 0 Å². The van der Waals surface area contributed by atoms with E-state index < -0.39 is 43.2 Å². The van der Waals surface area contributed by atoms with E-state index in [0.717, 1.165) is 38.5 Å². The van der Waals surface area contributed by atoms with Gasteiger partial charge in [-0.1, -0.05) is 39.5 Å². The maximum Gasteiger partial charge on any atom is 0.222 e. The second kappa shape index (κ2) is 20.6. The van der Waals surface area contributed by atoms with Crippen molar-refractivity contribution in [2.24, 2.45) is 11.8 Å². The van der Waals surface area contributed by atoms with Crippen molar-refractivity contribution in [3.63, 3.8) is 0 Å². The predicted octanol–water partition coefficient (Wildman–Crippen LogP) is 1.38. The van der Waals surface area contributed by atoms with Crippen molar-refractivity contribution in [1.29, 1.82) is 0 Å². The van der Waals surface area contributed by atoms with Gasteiger partial charge in [0.1, 0.15) is 24.4 Å². The summed E-state index contributed by atoms with van der Waals surface area (Å²) in [5.74, 6) is 0.980. The molecule has 6 N–H and O–H groups in total. The summed E-state index contributed by atoms with van der Waals surface area (Å²) in [5, 5.41) is 45.2. The lowest BCUT2D eigenvalue weighted by Crippen LogP contribution is -2.64. The number of aliphatic hydroxyl groups is 4. The first kappa shape index (κ1) is 39.6. The largest absolute Gasteiger partial charge is 0.394 e. The average Bonchev–Trinajstić information content (AvgIpc) is 3.46. The fraction of sp³-hybridized carbons (Fsp3) is 0.912. The molecule has 2 heterocycles. The van der Waals surface area contributed by atoms with Crippen LogP contribution in [0.15, 0.2) is 0 Å². The monoisotopic (exact) mass is 671 g/mol. The van der Waals surface area contributed by atoms with Gasteiger partial charge in [0.05, 0.1) is 31.5 Å². The molecule has 0 bridgehead atoms. The number of hydrogen-bond donors (Lipinski definition) is 6. The summed E-state index contributed by atoms with van der Waals surface area (Å²) in [6.07, 6.45) is 5.96. The van der Waals surface area contributed by atoms with E-state index in [-0.39, 0.29) is 43.3 Å². The molecule has 0 aromatic heterocycles. The number of carbonyl (C=O) groups is 3. The molecular weight excluding hydrogens is 610 g/mol. The summed E-state index contributed by atoms with van der Waals surface area (Å²) in [5.41, 5.74) is 0. The van der Waals surface area contributed by atoms with Gasteiger partial charge in [-0.25, -0.2) is 0 Å². The maximum atomic E-state index is 13.0. The molecule has 2 aliphatic heterocycles. The van der Waals surface area contributed by atoms with Crippen LogP contribution in [-0.2, 0) is 28.6 Å². The van der Waals surface area contributed by atoms with Crippen LogP contribution >= 0.6 is 0 Å². The molecule has 0 spiro atoms. The number of nitrogens with one attached hydrogen (secondary N) is 2. The molecule has 47 heavy (non-hydrogen) atoms. The topological polar surface area (TPSA) is 187 Å². The van der Waals surface area contributed by atoms with Crippen molar-refractivity contribution in [2.45, 2.75) is 153 Å². The van der Waals surface area contributed by atoms with Crippen LogP contribution in [0, 0.1) is 11.8 Å². The van der Waals surface area contributed by atoms with Crippen LogP contribution in [0.4, 0.5) is 0 Å². The number of amides is 3. The van der Waals surface area contributed by atoms with Gasteiger partial charge in [-0.05, 0) is 56.8 Å². The standard InChI is InChI=1S/C34H61N3O10/c1-22(2)24-11-10-12-26(17-24)46-27-18-25(20-38)37(19-27)30(42)14-7-4-8-15-35-29(41)13-6-5-9-16-45-34-31(36-23(3)40)33(44)32(43)28(21-39)47-34/h22,24-28,31-34,38-39,43-44H,4-21H2,1-3H3,(H,35,41)(H,36,40)/t24?,25?,26?,27-,28?,31?,32?,33?,34?/m1/s1. The molecule has 0 radical (unpaired) electrons. The van der Waals surface area contributed by atoms with Crippen molar-refractivity contribution in [3.8, 4) is 0 Å². The molecular formula is C34H61N3O10. The van der Waals surface area contributed by atoms with E-state index >= 15 is 0 Å². The summed E-state index contributed by atoms with van der Waals surface area (Å²) in [4.78, 5) is 38.5. The van der Waals surface area contributed by atoms with Gasteiger partial charge in [-0.2, -0.15) is 0 Å². The zero-order valence-corrected chi connectivity index (χ0v) is 28.7. The highest BCUT2D eigenvalue weighted by atomic mass is 16.7. The number of nitrogens with zero attached hydrogens (tertiary/aromatic N) is 1. The lowest BCUT2D eigenvalue weighted by atomic mass is 9.80. The average molecular weight is 672 g/mol. The van der Waals surface area contributed by atoms with Crippen LogP contribution < -0.4 is 10.6 Å². The Balaban J connectivity index is 1.22. The molecule has 3 rings (SSSR count). The molecule has 8 unspecified atom stereocenters. The number of carbonyl (C=O) groups excluding carboxylic acids is 3. The summed E-state index contributed by atoms with van der Waals surface area (Å²) < 4.78 is 17.7. The van der Waals surface area contributed by atoms with Crippen molar-refractivity contribution >= 4 is 17.7 Å². The Morgan fingerprint density at radius 3 is 2.36 bits per heavy atom. The van der Waals surface area contributed by atoms with Gasteiger partial charge >= 0.3 is 0 Å². The molecule has 9 atom stereocenters. The van der Waals surface area contributed by atoms with E-state index in [4.69, 9.17) is 14.2 Å². The van der Waals surface area contributed by atoms with Crippen LogP contribution in [0.1, 0.15) is 104 Å². The highest BCUT2D eigenvalue weighted by Crippen LogP contribution is 2.34. The van der Waals surface area contributed by atoms with Gasteiger partial charge in [-0.3, -0.25) is 14.4 Å². The Bertz CT molecular complexity index is 955. The maximum absolute atomic E-state index is 13.0. The highest BCUT2D eigenvalue weighted by Gasteiger charge is 2.45. The second-order valence-electron chi connectivity index (χ2n) is 13.9. The lowest BCUT2D eigenvalue weighted by molar-refractivity contribution is -0.270. The molecule has 1 saturated carbocycles. The Morgan fingerprint density at radius 1 is 0.915 bits per heavy atom. The molecule has 3 amide bonds. The van der Waals surface area contributed by atoms with E-state index in [1.165, 1.54) is 19.8 Å². The normalized spacial score (nSPS) is 31.2. The first-order valence-corrected chi connectivity index (χ1v) is 17.9. The third-order valence-corrected chi connectivity index (χ3v) is 9.87. The van der Waals surface area contributed by atoms with Gasteiger partial charge in [0.25, 0.3) is 0 Å². The lowest BCUT2D eigenvalue weighted by Gasteiger charge is -2.42. The first-order valence-electron chi connectivity index (χ1n) is 17.9. The van der Waals surface area contributed by atoms with Crippen LogP contribution in [0.2, 0.25) is 0 Å². The van der Waals surface area contributed by atoms with E-state index in [0.29, 0.717) is 57.0 Å². The smallest absolute Gasteiger partial charge is 0.222 e. The first-order chi connectivity index (χ1) is 22.5. The van der Waals surface area contributed by atoms with E-state index in [9.17, 15) is 34.8 Å². The number of likely N-dealkylation sites (tertiary alicyclic amines) is 1. The Kier molecular flexibility index (Phi) is 17.3. The van der Waals surface area contributed by atoms with Gasteiger partial charge in [0.2, 0.25) is 17.7 Å². The van der Waals surface area contributed by atoms with Crippen molar-refractivity contribution in [3.05, 3.63) is 0 Å². The third kappa shape index (κ3) is 12.8. The van der Waals surface area contributed by atoms with E-state index in [2.05, 4.69) is 24.5 Å². The summed E-state index contributed by atoms with van der Waals surface area (Å²) >= 11 is 0. The van der Waals surface area contributed by atoms with E-state index in [1.54, 1.807) is 0 Å². The zero-order valence-electron chi connectivity index (χ0n) is 28.7. The summed E-state index contributed by atoms with van der Waals surface area (Å²) in [6, 6.07) is -1.15.